The minimum atomic E-state index is -0.212. The van der Waals surface area contributed by atoms with Gasteiger partial charge in [0.2, 0.25) is 0 Å². The van der Waals surface area contributed by atoms with E-state index in [1.54, 1.807) is 6.07 Å². The van der Waals surface area contributed by atoms with Crippen molar-refractivity contribution in [3.8, 4) is 0 Å². The van der Waals surface area contributed by atoms with Gasteiger partial charge in [0.05, 0.1) is 0 Å². The average molecular weight is 192 g/mol. The number of H-pyrrole nitrogens is 1. The number of halogens is 1. The Hall–Kier alpha value is -1.78. The van der Waals surface area contributed by atoms with Gasteiger partial charge in [0.1, 0.15) is 5.82 Å². The highest BCUT2D eigenvalue weighted by atomic mass is 19.1. The normalized spacial score (nSPS) is 10.4. The molecular formula is C9H9FN4. The standard InChI is InChI=1S/C9H9FN4/c10-8-3-1-2-7(6-8)4-5-9-11-13-14-12-9/h1-3,6H,4-5H2,(H,11,12,13,14). The third kappa shape index (κ3) is 2.12. The Morgan fingerprint density at radius 2 is 2.21 bits per heavy atom. The summed E-state index contributed by atoms with van der Waals surface area (Å²) in [6.07, 6.45) is 1.39. The summed E-state index contributed by atoms with van der Waals surface area (Å²) in [5.74, 6) is 0.435. The molecule has 0 aliphatic heterocycles. The van der Waals surface area contributed by atoms with Crippen molar-refractivity contribution in [1.82, 2.24) is 20.6 Å². The molecule has 0 amide bonds. The van der Waals surface area contributed by atoms with E-state index in [9.17, 15) is 4.39 Å². The molecule has 2 aromatic rings. The Morgan fingerprint density at radius 1 is 1.29 bits per heavy atom. The maximum Gasteiger partial charge on any atom is 0.174 e. The highest BCUT2D eigenvalue weighted by Gasteiger charge is 2.00. The van der Waals surface area contributed by atoms with Crippen LogP contribution in [0.1, 0.15) is 11.4 Å². The summed E-state index contributed by atoms with van der Waals surface area (Å²) in [5, 5.41) is 13.4. The van der Waals surface area contributed by atoms with E-state index in [2.05, 4.69) is 20.6 Å². The van der Waals surface area contributed by atoms with Gasteiger partial charge in [-0.15, -0.1) is 10.2 Å². The van der Waals surface area contributed by atoms with Crippen LogP contribution in [-0.4, -0.2) is 20.6 Å². The van der Waals surface area contributed by atoms with E-state index in [0.29, 0.717) is 12.2 Å². The molecule has 0 fully saturated rings. The summed E-state index contributed by atoms with van der Waals surface area (Å²) in [4.78, 5) is 0. The summed E-state index contributed by atoms with van der Waals surface area (Å²) in [6, 6.07) is 6.52. The summed E-state index contributed by atoms with van der Waals surface area (Å²) in [7, 11) is 0. The first kappa shape index (κ1) is 8.80. The number of tetrazole rings is 1. The van der Waals surface area contributed by atoms with Gasteiger partial charge in [-0.3, -0.25) is 0 Å². The van der Waals surface area contributed by atoms with Gasteiger partial charge in [0.25, 0.3) is 0 Å². The van der Waals surface area contributed by atoms with E-state index in [0.717, 1.165) is 12.0 Å². The lowest BCUT2D eigenvalue weighted by Gasteiger charge is -1.97. The molecule has 5 heteroatoms. The van der Waals surface area contributed by atoms with Crippen LogP contribution in [0.3, 0.4) is 0 Å². The van der Waals surface area contributed by atoms with E-state index in [4.69, 9.17) is 0 Å². The summed E-state index contributed by atoms with van der Waals surface area (Å²) in [6.45, 7) is 0. The molecule has 2 rings (SSSR count). The molecule has 72 valence electrons. The fourth-order valence-electron chi connectivity index (χ4n) is 1.24. The van der Waals surface area contributed by atoms with Gasteiger partial charge in [0, 0.05) is 6.42 Å². The van der Waals surface area contributed by atoms with Crippen molar-refractivity contribution in [2.24, 2.45) is 0 Å². The molecule has 1 aromatic carbocycles. The van der Waals surface area contributed by atoms with Crippen LogP contribution in [0.4, 0.5) is 4.39 Å². The quantitative estimate of drug-likeness (QED) is 0.792. The van der Waals surface area contributed by atoms with Crippen LogP contribution in [0.25, 0.3) is 0 Å². The van der Waals surface area contributed by atoms with Crippen LogP contribution in [0.15, 0.2) is 24.3 Å². The van der Waals surface area contributed by atoms with Crippen LogP contribution < -0.4 is 0 Å². The molecule has 1 heterocycles. The molecule has 0 radical (unpaired) electrons. The highest BCUT2D eigenvalue weighted by Crippen LogP contribution is 2.05. The number of nitrogens with one attached hydrogen (secondary N) is 1. The number of hydrogen-bond acceptors (Lipinski definition) is 3. The first-order valence-corrected chi connectivity index (χ1v) is 4.31. The number of nitrogens with zero attached hydrogens (tertiary/aromatic N) is 3. The Labute approximate surface area is 80.2 Å². The van der Waals surface area contributed by atoms with Gasteiger partial charge < -0.3 is 0 Å². The van der Waals surface area contributed by atoms with Gasteiger partial charge in [-0.25, -0.2) is 4.39 Å². The van der Waals surface area contributed by atoms with E-state index < -0.39 is 0 Å². The molecule has 0 saturated heterocycles. The van der Waals surface area contributed by atoms with Gasteiger partial charge in [-0.05, 0) is 24.1 Å². The molecule has 0 bridgehead atoms. The largest absolute Gasteiger partial charge is 0.207 e. The van der Waals surface area contributed by atoms with Crippen molar-refractivity contribution in [1.29, 1.82) is 0 Å². The van der Waals surface area contributed by atoms with Gasteiger partial charge in [0.15, 0.2) is 5.82 Å². The average Bonchev–Trinajstić information content (AvgIpc) is 2.67. The Morgan fingerprint density at radius 3 is 2.93 bits per heavy atom. The zero-order chi connectivity index (χ0) is 9.80. The maximum absolute atomic E-state index is 12.8. The Bertz CT molecular complexity index is 399. The summed E-state index contributed by atoms with van der Waals surface area (Å²) in [5.41, 5.74) is 0.940. The second kappa shape index (κ2) is 3.95. The predicted octanol–water partition coefficient (Wildman–Crippen LogP) is 1.12. The van der Waals surface area contributed by atoms with Crippen LogP contribution in [-0.2, 0) is 12.8 Å². The van der Waals surface area contributed by atoms with Crippen molar-refractivity contribution in [3.63, 3.8) is 0 Å². The van der Waals surface area contributed by atoms with E-state index in [-0.39, 0.29) is 5.82 Å². The monoisotopic (exact) mass is 192 g/mol. The topological polar surface area (TPSA) is 54.5 Å². The lowest BCUT2D eigenvalue weighted by molar-refractivity contribution is 0.625. The zero-order valence-electron chi connectivity index (χ0n) is 7.44. The molecule has 0 aliphatic rings. The first-order valence-electron chi connectivity index (χ1n) is 4.31. The fourth-order valence-corrected chi connectivity index (χ4v) is 1.24. The number of aromatic nitrogens is 4. The molecule has 1 aromatic heterocycles. The third-order valence-corrected chi connectivity index (χ3v) is 1.92. The van der Waals surface area contributed by atoms with Crippen molar-refractivity contribution >= 4 is 0 Å². The van der Waals surface area contributed by atoms with Crippen molar-refractivity contribution < 1.29 is 4.39 Å². The molecule has 4 nitrogen and oxygen atoms in total. The Kier molecular flexibility index (Phi) is 2.48. The minimum absolute atomic E-state index is 0.212. The van der Waals surface area contributed by atoms with Crippen LogP contribution in [0, 0.1) is 5.82 Å². The van der Waals surface area contributed by atoms with Gasteiger partial charge in [-0.2, -0.15) is 5.21 Å². The summed E-state index contributed by atoms with van der Waals surface area (Å²) >= 11 is 0. The van der Waals surface area contributed by atoms with Crippen molar-refractivity contribution in [2.75, 3.05) is 0 Å². The molecule has 0 unspecified atom stereocenters. The number of rotatable bonds is 3. The van der Waals surface area contributed by atoms with Crippen LogP contribution >= 0.6 is 0 Å². The van der Waals surface area contributed by atoms with E-state index in [1.165, 1.54) is 12.1 Å². The second-order valence-corrected chi connectivity index (χ2v) is 2.96. The number of hydrogen-bond donors (Lipinski definition) is 1. The number of aryl methyl sites for hydroxylation is 2. The zero-order valence-corrected chi connectivity index (χ0v) is 7.44. The third-order valence-electron chi connectivity index (χ3n) is 1.92. The molecule has 0 atom stereocenters. The summed E-state index contributed by atoms with van der Waals surface area (Å²) < 4.78 is 12.8. The highest BCUT2D eigenvalue weighted by molar-refractivity contribution is 5.16. The molecular weight excluding hydrogens is 183 g/mol. The molecule has 0 saturated carbocycles. The van der Waals surface area contributed by atoms with E-state index >= 15 is 0 Å². The number of benzene rings is 1. The lowest BCUT2D eigenvalue weighted by Crippen LogP contribution is -1.94. The minimum Gasteiger partial charge on any atom is -0.207 e. The van der Waals surface area contributed by atoms with Gasteiger partial charge in [-0.1, -0.05) is 17.3 Å². The molecule has 14 heavy (non-hydrogen) atoms. The van der Waals surface area contributed by atoms with Crippen molar-refractivity contribution in [2.45, 2.75) is 12.8 Å². The Balaban J connectivity index is 1.98. The predicted molar refractivity (Wildman–Crippen MR) is 48.0 cm³/mol. The lowest BCUT2D eigenvalue weighted by atomic mass is 10.1. The molecule has 0 spiro atoms. The van der Waals surface area contributed by atoms with Crippen molar-refractivity contribution in [3.05, 3.63) is 41.5 Å². The first-order chi connectivity index (χ1) is 6.84. The molecule has 1 N–H and O–H groups in total. The smallest absolute Gasteiger partial charge is 0.174 e. The van der Waals surface area contributed by atoms with Crippen LogP contribution in [0.5, 0.6) is 0 Å². The SMILES string of the molecule is Fc1cccc(CCc2nn[nH]n2)c1. The molecule has 0 aliphatic carbocycles. The second-order valence-electron chi connectivity index (χ2n) is 2.96. The van der Waals surface area contributed by atoms with Gasteiger partial charge >= 0.3 is 0 Å². The maximum atomic E-state index is 12.8. The van der Waals surface area contributed by atoms with E-state index in [1.807, 2.05) is 6.07 Å². The van der Waals surface area contributed by atoms with Crippen LogP contribution in [0.2, 0.25) is 0 Å². The number of aromatic amines is 1. The fraction of sp³-hybridized carbons (Fsp3) is 0.222.